The number of nitro groups is 1. The van der Waals surface area contributed by atoms with Crippen LogP contribution in [0.25, 0.3) is 11.3 Å². The summed E-state index contributed by atoms with van der Waals surface area (Å²) in [5.74, 6) is -1.55. The molecule has 1 atom stereocenters. The predicted molar refractivity (Wildman–Crippen MR) is 107 cm³/mol. The number of hydrogen-bond acceptors (Lipinski definition) is 9. The number of rotatable bonds is 5. The van der Waals surface area contributed by atoms with Gasteiger partial charge in [0.1, 0.15) is 11.6 Å². The van der Waals surface area contributed by atoms with Crippen LogP contribution >= 0.6 is 0 Å². The van der Waals surface area contributed by atoms with Gasteiger partial charge in [-0.25, -0.2) is 0 Å². The van der Waals surface area contributed by atoms with E-state index in [2.05, 4.69) is 15.2 Å². The van der Waals surface area contributed by atoms with Gasteiger partial charge in [-0.2, -0.15) is 5.26 Å². The molecule has 4 rings (SSSR count). The summed E-state index contributed by atoms with van der Waals surface area (Å²) in [5, 5.41) is 38.6. The number of H-pyrrole nitrogens is 1. The number of nitro benzene ring substituents is 1. The minimum absolute atomic E-state index is 0.0478. The van der Waals surface area contributed by atoms with Crippen LogP contribution < -0.4 is 15.2 Å². The second-order valence-corrected chi connectivity index (χ2v) is 6.56. The summed E-state index contributed by atoms with van der Waals surface area (Å²) in [6.07, 6.45) is 3.19. The normalized spacial score (nSPS) is 15.0. The molecule has 3 heterocycles. The number of nitriles is 1. The van der Waals surface area contributed by atoms with Gasteiger partial charge in [0.25, 0.3) is 0 Å². The van der Waals surface area contributed by atoms with Crippen LogP contribution in [0.5, 0.6) is 17.4 Å². The van der Waals surface area contributed by atoms with Crippen molar-refractivity contribution in [1.29, 1.82) is 5.26 Å². The molecule has 0 fully saturated rings. The fourth-order valence-corrected chi connectivity index (χ4v) is 3.50. The highest BCUT2D eigenvalue weighted by molar-refractivity contribution is 5.71. The standard InChI is InChI=1S/C20H16N6O5/c1-2-30-14-8-11(7-13(18(14)27)26(28)29)15-12(9-21)19(22)31-20-16(15)17(24-25-20)10-3-5-23-6-4-10/h3-8,15,27H,2,22H2,1H3,(H,24,25)/t15-/m0/s1. The largest absolute Gasteiger partial charge is 0.500 e. The summed E-state index contributed by atoms with van der Waals surface area (Å²) in [6.45, 7) is 1.85. The number of aromatic hydroxyl groups is 1. The molecule has 31 heavy (non-hydrogen) atoms. The first-order valence-corrected chi connectivity index (χ1v) is 9.16. The lowest BCUT2D eigenvalue weighted by Gasteiger charge is -2.24. The predicted octanol–water partition coefficient (Wildman–Crippen LogP) is 2.70. The molecule has 1 aliphatic heterocycles. The summed E-state index contributed by atoms with van der Waals surface area (Å²) in [4.78, 5) is 14.8. The zero-order valence-corrected chi connectivity index (χ0v) is 16.2. The number of hydrogen-bond donors (Lipinski definition) is 3. The van der Waals surface area contributed by atoms with Crippen LogP contribution in [0.4, 0.5) is 5.69 Å². The third-order valence-electron chi connectivity index (χ3n) is 4.81. The first-order valence-electron chi connectivity index (χ1n) is 9.16. The molecule has 3 aromatic rings. The monoisotopic (exact) mass is 420 g/mol. The lowest BCUT2D eigenvalue weighted by Crippen LogP contribution is -2.21. The van der Waals surface area contributed by atoms with Gasteiger partial charge in [-0.05, 0) is 30.7 Å². The van der Waals surface area contributed by atoms with E-state index in [0.717, 1.165) is 0 Å². The molecule has 0 unspecified atom stereocenters. The van der Waals surface area contributed by atoms with Gasteiger partial charge in [0.05, 0.1) is 28.7 Å². The van der Waals surface area contributed by atoms with E-state index in [-0.39, 0.29) is 29.7 Å². The Kier molecular flexibility index (Phi) is 4.88. The van der Waals surface area contributed by atoms with Gasteiger partial charge >= 0.3 is 5.69 Å². The third-order valence-corrected chi connectivity index (χ3v) is 4.81. The van der Waals surface area contributed by atoms with Crippen molar-refractivity contribution in [2.24, 2.45) is 5.73 Å². The maximum atomic E-state index is 11.6. The molecule has 0 aliphatic carbocycles. The van der Waals surface area contributed by atoms with E-state index in [1.165, 1.54) is 12.1 Å². The van der Waals surface area contributed by atoms with Crippen molar-refractivity contribution < 1.29 is 19.5 Å². The van der Waals surface area contributed by atoms with E-state index in [1.807, 2.05) is 6.07 Å². The number of nitrogens with one attached hydrogen (secondary N) is 1. The maximum Gasteiger partial charge on any atom is 0.314 e. The number of benzene rings is 1. The van der Waals surface area contributed by atoms with Gasteiger partial charge in [0, 0.05) is 24.0 Å². The average Bonchev–Trinajstić information content (AvgIpc) is 3.18. The third kappa shape index (κ3) is 3.25. The molecule has 0 saturated heterocycles. The number of nitrogens with two attached hydrogens (primary N) is 1. The summed E-state index contributed by atoms with van der Waals surface area (Å²) < 4.78 is 10.9. The fourth-order valence-electron chi connectivity index (χ4n) is 3.50. The van der Waals surface area contributed by atoms with Crippen LogP contribution in [-0.2, 0) is 0 Å². The maximum absolute atomic E-state index is 11.6. The van der Waals surface area contributed by atoms with E-state index in [0.29, 0.717) is 22.4 Å². The van der Waals surface area contributed by atoms with Crippen molar-refractivity contribution in [3.05, 3.63) is 69.4 Å². The van der Waals surface area contributed by atoms with Crippen molar-refractivity contribution >= 4 is 5.69 Å². The Morgan fingerprint density at radius 2 is 2.16 bits per heavy atom. The number of phenols is 1. The molecule has 0 spiro atoms. The minimum atomic E-state index is -0.853. The van der Waals surface area contributed by atoms with Crippen molar-refractivity contribution in [3.8, 4) is 34.7 Å². The highest BCUT2D eigenvalue weighted by Gasteiger charge is 2.37. The fraction of sp³-hybridized carbons (Fsp3) is 0.150. The molecule has 4 N–H and O–H groups in total. The van der Waals surface area contributed by atoms with E-state index in [9.17, 15) is 20.5 Å². The Morgan fingerprint density at radius 1 is 1.42 bits per heavy atom. The first kappa shape index (κ1) is 19.7. The second-order valence-electron chi connectivity index (χ2n) is 6.56. The lowest BCUT2D eigenvalue weighted by atomic mass is 9.82. The van der Waals surface area contributed by atoms with Crippen molar-refractivity contribution in [3.63, 3.8) is 0 Å². The molecule has 2 aromatic heterocycles. The van der Waals surface area contributed by atoms with Crippen LogP contribution in [0.3, 0.4) is 0 Å². The van der Waals surface area contributed by atoms with Crippen molar-refractivity contribution in [1.82, 2.24) is 15.2 Å². The van der Waals surface area contributed by atoms with Crippen LogP contribution in [0.2, 0.25) is 0 Å². The second kappa shape index (κ2) is 7.68. The molecule has 1 aromatic carbocycles. The summed E-state index contributed by atoms with van der Waals surface area (Å²) in [7, 11) is 0. The summed E-state index contributed by atoms with van der Waals surface area (Å²) in [5.41, 5.74) is 7.49. The number of ether oxygens (including phenoxy) is 2. The van der Waals surface area contributed by atoms with Gasteiger partial charge in [-0.3, -0.25) is 20.2 Å². The molecular weight excluding hydrogens is 404 g/mol. The Labute approximate surface area is 175 Å². The summed E-state index contributed by atoms with van der Waals surface area (Å²) >= 11 is 0. The smallest absolute Gasteiger partial charge is 0.314 e. The van der Waals surface area contributed by atoms with E-state index < -0.39 is 22.3 Å². The molecule has 1 aliphatic rings. The average molecular weight is 420 g/mol. The summed E-state index contributed by atoms with van der Waals surface area (Å²) in [6, 6.07) is 8.14. The number of fused-ring (bicyclic) bond motifs is 1. The van der Waals surface area contributed by atoms with Gasteiger partial charge in [0.15, 0.2) is 5.75 Å². The number of allylic oxidation sites excluding steroid dienone is 1. The Morgan fingerprint density at radius 3 is 2.81 bits per heavy atom. The first-order chi connectivity index (χ1) is 15.0. The zero-order valence-electron chi connectivity index (χ0n) is 16.2. The van der Waals surface area contributed by atoms with E-state index in [1.54, 1.807) is 31.5 Å². The molecule has 0 bridgehead atoms. The molecule has 0 amide bonds. The van der Waals surface area contributed by atoms with Gasteiger partial charge in [-0.15, -0.1) is 5.10 Å². The Hall–Kier alpha value is -4.59. The SMILES string of the molecule is CCOc1cc([C@H]2C(C#N)=C(N)Oc3n[nH]c(-c4ccncc4)c32)cc([N+](=O)[O-])c1O. The van der Waals surface area contributed by atoms with Crippen LogP contribution in [0.1, 0.15) is 24.0 Å². The minimum Gasteiger partial charge on any atom is -0.500 e. The molecule has 0 radical (unpaired) electrons. The number of phenolic OH excluding ortho intramolecular Hbond substituents is 1. The topological polar surface area (TPSA) is 173 Å². The molecular formula is C20H16N6O5. The van der Waals surface area contributed by atoms with Gasteiger partial charge in [0.2, 0.25) is 17.5 Å². The quantitative estimate of drug-likeness (QED) is 0.414. The van der Waals surface area contributed by atoms with Crippen LogP contribution in [0, 0.1) is 21.4 Å². The Bertz CT molecular complexity index is 1240. The van der Waals surface area contributed by atoms with Gasteiger partial charge < -0.3 is 20.3 Å². The number of nitrogens with zero attached hydrogens (tertiary/aromatic N) is 4. The highest BCUT2D eigenvalue weighted by atomic mass is 16.6. The Balaban J connectivity index is 2.00. The zero-order chi connectivity index (χ0) is 22.1. The van der Waals surface area contributed by atoms with Crippen molar-refractivity contribution in [2.75, 3.05) is 6.61 Å². The number of aromatic nitrogens is 3. The van der Waals surface area contributed by atoms with Crippen LogP contribution in [-0.4, -0.2) is 31.8 Å². The molecule has 11 heteroatoms. The molecule has 11 nitrogen and oxygen atoms in total. The number of pyridine rings is 1. The lowest BCUT2D eigenvalue weighted by molar-refractivity contribution is -0.386. The van der Waals surface area contributed by atoms with E-state index >= 15 is 0 Å². The molecule has 0 saturated carbocycles. The van der Waals surface area contributed by atoms with Crippen LogP contribution in [0.15, 0.2) is 48.1 Å². The number of aromatic amines is 1. The molecule has 156 valence electrons. The van der Waals surface area contributed by atoms with Gasteiger partial charge in [-0.1, -0.05) is 0 Å². The van der Waals surface area contributed by atoms with Crippen molar-refractivity contribution in [2.45, 2.75) is 12.8 Å². The highest BCUT2D eigenvalue weighted by Crippen LogP contribution is 2.48. The van der Waals surface area contributed by atoms with E-state index in [4.69, 9.17) is 15.2 Å².